The fraction of sp³-hybridized carbons (Fsp3) is 0.444. The molecule has 0 unspecified atom stereocenters. The predicted molar refractivity (Wildman–Crippen MR) is 125 cm³/mol. The Morgan fingerprint density at radius 2 is 2.10 bits per heavy atom. The Labute approximate surface area is 188 Å². The van der Waals surface area contributed by atoms with Gasteiger partial charge in [-0.05, 0) is 44.0 Å². The average Bonchev–Trinajstić information content (AvgIpc) is 3.15. The van der Waals surface area contributed by atoms with Crippen LogP contribution >= 0.6 is 24.0 Å². The molecule has 0 aliphatic heterocycles. The lowest BCUT2D eigenvalue weighted by atomic mass is 10.2. The molecule has 1 heterocycles. The second-order valence-corrected chi connectivity index (χ2v) is 8.04. The first-order valence-electron chi connectivity index (χ1n) is 9.16. The van der Waals surface area contributed by atoms with Gasteiger partial charge in [0.15, 0.2) is 5.96 Å². The van der Waals surface area contributed by atoms with E-state index in [2.05, 4.69) is 25.4 Å². The molecular weight excluding hydrogens is 510 g/mol. The van der Waals surface area contributed by atoms with Crippen LogP contribution in [0.3, 0.4) is 0 Å². The third kappa shape index (κ3) is 9.43. The Morgan fingerprint density at radius 1 is 1.31 bits per heavy atom. The molecular formula is C18H28FIN6O2S. The Morgan fingerprint density at radius 3 is 2.76 bits per heavy atom. The van der Waals surface area contributed by atoms with Crippen LogP contribution < -0.4 is 15.4 Å². The van der Waals surface area contributed by atoms with Crippen molar-refractivity contribution in [3.05, 3.63) is 48.0 Å². The lowest BCUT2D eigenvalue weighted by Crippen LogP contribution is -2.40. The summed E-state index contributed by atoms with van der Waals surface area (Å²) in [6.45, 7) is 5.75. The first-order chi connectivity index (χ1) is 13.4. The fourth-order valence-electron chi connectivity index (χ4n) is 2.39. The standard InChI is InChI=1S/C18H27FN6O2S.HI/c1-3-20-18(21-8-4-11-25-12-5-9-23-25)22-10-13-28(26,27)24-16-7-6-15(2)17(19)14-16;/h5-7,9,12,14,24H,3-4,8,10-11,13H2,1-2H3,(H2,20,21,22);1H. The van der Waals surface area contributed by atoms with Gasteiger partial charge in [-0.2, -0.15) is 5.10 Å². The van der Waals surface area contributed by atoms with Gasteiger partial charge >= 0.3 is 0 Å². The molecule has 0 fully saturated rings. The number of aryl methyl sites for hydroxylation is 2. The molecule has 0 aliphatic carbocycles. The highest BCUT2D eigenvalue weighted by atomic mass is 127. The molecule has 0 aliphatic rings. The van der Waals surface area contributed by atoms with Gasteiger partial charge < -0.3 is 10.6 Å². The second-order valence-electron chi connectivity index (χ2n) is 6.20. The number of nitrogens with one attached hydrogen (secondary N) is 3. The van der Waals surface area contributed by atoms with E-state index < -0.39 is 15.8 Å². The third-order valence-electron chi connectivity index (χ3n) is 3.83. The molecule has 0 bridgehead atoms. The van der Waals surface area contributed by atoms with Crippen LogP contribution in [0.1, 0.15) is 18.9 Å². The van der Waals surface area contributed by atoms with Crippen molar-refractivity contribution in [3.63, 3.8) is 0 Å². The van der Waals surface area contributed by atoms with E-state index in [1.807, 2.05) is 23.9 Å². The van der Waals surface area contributed by atoms with Crippen LogP contribution in [0.4, 0.5) is 10.1 Å². The monoisotopic (exact) mass is 538 g/mol. The van der Waals surface area contributed by atoms with E-state index in [9.17, 15) is 12.8 Å². The van der Waals surface area contributed by atoms with Crippen molar-refractivity contribution in [1.29, 1.82) is 0 Å². The molecule has 3 N–H and O–H groups in total. The first kappa shape index (κ1) is 25.1. The number of benzene rings is 1. The average molecular weight is 538 g/mol. The number of nitrogens with zero attached hydrogens (tertiary/aromatic N) is 3. The number of guanidine groups is 1. The minimum absolute atomic E-state index is 0. The molecule has 0 saturated carbocycles. The smallest absolute Gasteiger partial charge is 0.234 e. The highest BCUT2D eigenvalue weighted by Crippen LogP contribution is 2.14. The molecule has 0 spiro atoms. The molecule has 8 nitrogen and oxygen atoms in total. The van der Waals surface area contributed by atoms with Gasteiger partial charge in [0.1, 0.15) is 5.82 Å². The quantitative estimate of drug-likeness (QED) is 0.187. The largest absolute Gasteiger partial charge is 0.357 e. The van der Waals surface area contributed by atoms with Crippen LogP contribution in [0.15, 0.2) is 41.7 Å². The summed E-state index contributed by atoms with van der Waals surface area (Å²) in [5.74, 6) is -0.0604. The second kappa shape index (κ2) is 12.6. The number of halogens is 2. The number of aliphatic imine (C=N–C) groups is 1. The van der Waals surface area contributed by atoms with E-state index in [0.29, 0.717) is 24.6 Å². The van der Waals surface area contributed by atoms with Crippen LogP contribution in [0.2, 0.25) is 0 Å². The summed E-state index contributed by atoms with van der Waals surface area (Å²) in [6, 6.07) is 6.11. The highest BCUT2D eigenvalue weighted by molar-refractivity contribution is 14.0. The van der Waals surface area contributed by atoms with Crippen LogP contribution in [0, 0.1) is 12.7 Å². The van der Waals surface area contributed by atoms with Crippen molar-refractivity contribution in [2.45, 2.75) is 26.8 Å². The molecule has 29 heavy (non-hydrogen) atoms. The summed E-state index contributed by atoms with van der Waals surface area (Å²) < 4.78 is 42.1. The van der Waals surface area contributed by atoms with Crippen molar-refractivity contribution in [3.8, 4) is 0 Å². The number of hydrogen-bond donors (Lipinski definition) is 3. The van der Waals surface area contributed by atoms with Gasteiger partial charge in [-0.1, -0.05) is 6.07 Å². The molecule has 0 atom stereocenters. The molecule has 0 radical (unpaired) electrons. The van der Waals surface area contributed by atoms with Crippen molar-refractivity contribution in [2.24, 2.45) is 4.99 Å². The zero-order chi connectivity index (χ0) is 20.4. The lowest BCUT2D eigenvalue weighted by molar-refractivity contribution is 0.583. The molecule has 1 aromatic carbocycles. The van der Waals surface area contributed by atoms with Gasteiger partial charge in [-0.25, -0.2) is 12.8 Å². The fourth-order valence-corrected chi connectivity index (χ4v) is 3.35. The predicted octanol–water partition coefficient (Wildman–Crippen LogP) is 2.34. The van der Waals surface area contributed by atoms with E-state index in [4.69, 9.17) is 0 Å². The van der Waals surface area contributed by atoms with E-state index in [1.54, 1.807) is 13.1 Å². The summed E-state index contributed by atoms with van der Waals surface area (Å²) in [7, 11) is -3.60. The van der Waals surface area contributed by atoms with Gasteiger partial charge in [-0.3, -0.25) is 14.4 Å². The van der Waals surface area contributed by atoms with Crippen LogP contribution in [0.5, 0.6) is 0 Å². The van der Waals surface area contributed by atoms with Crippen molar-refractivity contribution in [1.82, 2.24) is 20.4 Å². The zero-order valence-electron chi connectivity index (χ0n) is 16.6. The molecule has 1 aromatic heterocycles. The minimum atomic E-state index is -3.60. The van der Waals surface area contributed by atoms with Gasteiger partial charge in [0.2, 0.25) is 10.0 Å². The third-order valence-corrected chi connectivity index (χ3v) is 5.12. The highest BCUT2D eigenvalue weighted by Gasteiger charge is 2.11. The number of aromatic nitrogens is 2. The van der Waals surface area contributed by atoms with Crippen LogP contribution in [-0.4, -0.2) is 49.5 Å². The summed E-state index contributed by atoms with van der Waals surface area (Å²) in [5, 5.41) is 10.2. The Bertz CT molecular complexity index is 874. The van der Waals surface area contributed by atoms with E-state index in [0.717, 1.165) is 13.0 Å². The molecule has 11 heteroatoms. The maximum absolute atomic E-state index is 13.6. The summed E-state index contributed by atoms with van der Waals surface area (Å²) in [4.78, 5) is 4.43. The maximum atomic E-state index is 13.6. The molecule has 162 valence electrons. The van der Waals surface area contributed by atoms with Crippen LogP contribution in [-0.2, 0) is 16.6 Å². The maximum Gasteiger partial charge on any atom is 0.234 e. The lowest BCUT2D eigenvalue weighted by Gasteiger charge is -2.12. The molecule has 0 amide bonds. The minimum Gasteiger partial charge on any atom is -0.357 e. The topological polar surface area (TPSA) is 100 Å². The first-order valence-corrected chi connectivity index (χ1v) is 10.8. The Hall–Kier alpha value is -1.89. The van der Waals surface area contributed by atoms with Gasteiger partial charge in [0.25, 0.3) is 0 Å². The van der Waals surface area contributed by atoms with E-state index in [-0.39, 0.29) is 42.0 Å². The zero-order valence-corrected chi connectivity index (χ0v) is 19.7. The van der Waals surface area contributed by atoms with Crippen molar-refractivity contribution >= 4 is 45.6 Å². The number of sulfonamides is 1. The molecule has 0 saturated heterocycles. The summed E-state index contributed by atoms with van der Waals surface area (Å²) in [6.07, 6.45) is 4.44. The van der Waals surface area contributed by atoms with Gasteiger partial charge in [0, 0.05) is 38.6 Å². The van der Waals surface area contributed by atoms with Crippen LogP contribution in [0.25, 0.3) is 0 Å². The number of rotatable bonds is 10. The van der Waals surface area contributed by atoms with E-state index in [1.165, 1.54) is 18.2 Å². The van der Waals surface area contributed by atoms with Crippen molar-refractivity contribution in [2.75, 3.05) is 30.1 Å². The number of anilines is 1. The van der Waals surface area contributed by atoms with Crippen molar-refractivity contribution < 1.29 is 12.8 Å². The number of hydrogen-bond acceptors (Lipinski definition) is 4. The summed E-state index contributed by atoms with van der Waals surface area (Å²) in [5.41, 5.74) is 0.672. The van der Waals surface area contributed by atoms with Gasteiger partial charge in [-0.15, -0.1) is 24.0 Å². The summed E-state index contributed by atoms with van der Waals surface area (Å²) >= 11 is 0. The van der Waals surface area contributed by atoms with Gasteiger partial charge in [0.05, 0.1) is 11.4 Å². The normalized spacial score (nSPS) is 11.6. The Balaban J connectivity index is 0.00000420. The SMILES string of the molecule is CCNC(=NCCCn1cccn1)NCCS(=O)(=O)Nc1ccc(C)c(F)c1.I. The Kier molecular flexibility index (Phi) is 10.9. The molecule has 2 aromatic rings. The molecule has 2 rings (SSSR count). The van der Waals surface area contributed by atoms with E-state index >= 15 is 0 Å².